The second kappa shape index (κ2) is 9.41. The van der Waals surface area contributed by atoms with Crippen molar-refractivity contribution >= 4 is 5.91 Å². The first kappa shape index (κ1) is 19.2. The lowest BCUT2D eigenvalue weighted by atomic mass is 9.94. The summed E-state index contributed by atoms with van der Waals surface area (Å²) in [5.74, 6) is 0.0341. The molecule has 0 spiro atoms. The van der Waals surface area contributed by atoms with Crippen molar-refractivity contribution in [2.75, 3.05) is 26.3 Å². The lowest BCUT2D eigenvalue weighted by Gasteiger charge is -2.44. The predicted molar refractivity (Wildman–Crippen MR) is 96.5 cm³/mol. The minimum Gasteiger partial charge on any atom is -0.389 e. The van der Waals surface area contributed by atoms with Gasteiger partial charge in [0.05, 0.1) is 37.9 Å². The van der Waals surface area contributed by atoms with Gasteiger partial charge in [-0.05, 0) is 37.5 Å². The number of aromatic nitrogens is 1. The Balaban J connectivity index is 1.67. The summed E-state index contributed by atoms with van der Waals surface area (Å²) in [6.07, 6.45) is 5.06. The van der Waals surface area contributed by atoms with E-state index in [0.29, 0.717) is 32.7 Å². The summed E-state index contributed by atoms with van der Waals surface area (Å²) < 4.78 is 11.9. The van der Waals surface area contributed by atoms with Crippen molar-refractivity contribution in [2.45, 2.75) is 57.1 Å². The van der Waals surface area contributed by atoms with Crippen LogP contribution in [-0.2, 0) is 20.8 Å². The number of carbonyl (C=O) groups is 1. The molecule has 4 atom stereocenters. The molecule has 2 saturated heterocycles. The molecule has 3 heterocycles. The third-order valence-corrected chi connectivity index (χ3v) is 5.01. The van der Waals surface area contributed by atoms with E-state index in [1.54, 1.807) is 12.4 Å². The Bertz CT molecular complexity index is 571. The number of aliphatic hydroxyl groups excluding tert-OH is 1. The molecule has 26 heavy (non-hydrogen) atoms. The second-order valence-corrected chi connectivity index (χ2v) is 7.08. The zero-order valence-corrected chi connectivity index (χ0v) is 15.3. The number of fused-ring (bicyclic) bond motifs is 1. The maximum Gasteiger partial charge on any atom is 0.222 e. The van der Waals surface area contributed by atoms with Crippen LogP contribution in [0.15, 0.2) is 24.5 Å². The number of rotatable bonds is 5. The average molecular weight is 363 g/mol. The standard InChI is InChI=1S/C19H29N3O4/c1-2-21-19(24)9-16-3-4-17-18(26-16)13-25-12-15(23)11-22(17)10-14-5-7-20-8-6-14/h5-8,15-18,23H,2-4,9-13H2,1H3,(H,21,24)/t15-,16+,17-,18+/m0/s1. The molecule has 7 nitrogen and oxygen atoms in total. The second-order valence-electron chi connectivity index (χ2n) is 7.08. The first-order chi connectivity index (χ1) is 12.7. The summed E-state index contributed by atoms with van der Waals surface area (Å²) in [4.78, 5) is 18.2. The molecule has 0 aliphatic carbocycles. The van der Waals surface area contributed by atoms with Gasteiger partial charge in [-0.2, -0.15) is 0 Å². The van der Waals surface area contributed by atoms with Gasteiger partial charge in [-0.3, -0.25) is 14.7 Å². The molecule has 1 aromatic rings. The zero-order chi connectivity index (χ0) is 18.4. The molecular formula is C19H29N3O4. The Hall–Kier alpha value is -1.54. The normalized spacial score (nSPS) is 30.1. The summed E-state index contributed by atoms with van der Waals surface area (Å²) >= 11 is 0. The Kier molecular flexibility index (Phi) is 6.96. The van der Waals surface area contributed by atoms with E-state index in [1.165, 1.54) is 0 Å². The number of nitrogens with zero attached hydrogens (tertiary/aromatic N) is 2. The molecule has 7 heteroatoms. The summed E-state index contributed by atoms with van der Waals surface area (Å²) in [6, 6.07) is 4.17. The van der Waals surface area contributed by atoms with Gasteiger partial charge in [0.25, 0.3) is 0 Å². The molecular weight excluding hydrogens is 334 g/mol. The summed E-state index contributed by atoms with van der Waals surface area (Å²) in [6.45, 7) is 4.60. The molecule has 2 aliphatic heterocycles. The molecule has 2 aliphatic rings. The van der Waals surface area contributed by atoms with Gasteiger partial charge in [0, 0.05) is 38.1 Å². The minimum absolute atomic E-state index is 0.0341. The van der Waals surface area contributed by atoms with E-state index in [2.05, 4.69) is 15.2 Å². The average Bonchev–Trinajstić information content (AvgIpc) is 2.61. The van der Waals surface area contributed by atoms with Crippen molar-refractivity contribution in [3.8, 4) is 0 Å². The van der Waals surface area contributed by atoms with Crippen LogP contribution < -0.4 is 5.32 Å². The Labute approximate surface area is 154 Å². The van der Waals surface area contributed by atoms with Crippen molar-refractivity contribution < 1.29 is 19.4 Å². The maximum atomic E-state index is 11.9. The fraction of sp³-hybridized carbons (Fsp3) is 0.684. The van der Waals surface area contributed by atoms with Crippen LogP contribution in [0.1, 0.15) is 31.7 Å². The van der Waals surface area contributed by atoms with E-state index in [4.69, 9.17) is 9.47 Å². The lowest BCUT2D eigenvalue weighted by Crippen LogP contribution is -2.55. The SMILES string of the molecule is CCNC(=O)C[C@H]1CC[C@H]2[C@@H](COC[C@@H](O)CN2Cc2ccncc2)O1. The van der Waals surface area contributed by atoms with Crippen LogP contribution >= 0.6 is 0 Å². The van der Waals surface area contributed by atoms with Crippen molar-refractivity contribution in [2.24, 2.45) is 0 Å². The minimum atomic E-state index is -0.508. The van der Waals surface area contributed by atoms with Crippen LogP contribution in [0.2, 0.25) is 0 Å². The third-order valence-electron chi connectivity index (χ3n) is 5.01. The summed E-state index contributed by atoms with van der Waals surface area (Å²) in [7, 11) is 0. The molecule has 0 aromatic carbocycles. The van der Waals surface area contributed by atoms with Crippen molar-refractivity contribution in [3.63, 3.8) is 0 Å². The number of amides is 1. The van der Waals surface area contributed by atoms with Gasteiger partial charge in [0.1, 0.15) is 0 Å². The third kappa shape index (κ3) is 5.23. The monoisotopic (exact) mass is 363 g/mol. The topological polar surface area (TPSA) is 83.9 Å². The molecule has 144 valence electrons. The van der Waals surface area contributed by atoms with Gasteiger partial charge in [0.2, 0.25) is 5.91 Å². The van der Waals surface area contributed by atoms with Crippen molar-refractivity contribution in [1.29, 1.82) is 0 Å². The molecule has 2 N–H and O–H groups in total. The number of nitrogens with one attached hydrogen (secondary N) is 1. The number of aliphatic hydroxyl groups is 1. The van der Waals surface area contributed by atoms with Gasteiger partial charge >= 0.3 is 0 Å². The van der Waals surface area contributed by atoms with Crippen molar-refractivity contribution in [3.05, 3.63) is 30.1 Å². The Morgan fingerprint density at radius 2 is 2.15 bits per heavy atom. The van der Waals surface area contributed by atoms with E-state index < -0.39 is 6.10 Å². The molecule has 0 saturated carbocycles. The highest BCUT2D eigenvalue weighted by atomic mass is 16.5. The fourth-order valence-electron chi connectivity index (χ4n) is 3.83. The van der Waals surface area contributed by atoms with Crippen LogP contribution in [0.4, 0.5) is 0 Å². The maximum absolute atomic E-state index is 11.9. The van der Waals surface area contributed by atoms with E-state index in [-0.39, 0.29) is 24.2 Å². The summed E-state index contributed by atoms with van der Waals surface area (Å²) in [5, 5.41) is 13.0. The highest BCUT2D eigenvalue weighted by Crippen LogP contribution is 2.28. The van der Waals surface area contributed by atoms with Crippen LogP contribution in [0.3, 0.4) is 0 Å². The molecule has 2 fully saturated rings. The number of pyridine rings is 1. The Morgan fingerprint density at radius 1 is 1.35 bits per heavy atom. The van der Waals surface area contributed by atoms with Crippen LogP contribution in [0.25, 0.3) is 0 Å². The molecule has 0 bridgehead atoms. The number of β-amino-alcohol motifs (C(OH)–C–C–N with tert-alkyl or cyclic N) is 1. The lowest BCUT2D eigenvalue weighted by molar-refractivity contribution is -0.158. The van der Waals surface area contributed by atoms with E-state index >= 15 is 0 Å². The first-order valence-electron chi connectivity index (χ1n) is 9.46. The fourth-order valence-corrected chi connectivity index (χ4v) is 3.83. The highest BCUT2D eigenvalue weighted by molar-refractivity contribution is 5.76. The molecule has 3 rings (SSSR count). The van der Waals surface area contributed by atoms with Crippen LogP contribution in [0, 0.1) is 0 Å². The zero-order valence-electron chi connectivity index (χ0n) is 15.3. The molecule has 0 unspecified atom stereocenters. The molecule has 1 amide bonds. The number of hydrogen-bond donors (Lipinski definition) is 2. The van der Waals surface area contributed by atoms with Gasteiger partial charge in [-0.15, -0.1) is 0 Å². The van der Waals surface area contributed by atoms with Crippen LogP contribution in [-0.4, -0.2) is 71.6 Å². The molecule has 0 radical (unpaired) electrons. The number of ether oxygens (including phenoxy) is 2. The van der Waals surface area contributed by atoms with E-state index in [1.807, 2.05) is 19.1 Å². The number of carbonyl (C=O) groups excluding carboxylic acids is 1. The van der Waals surface area contributed by atoms with E-state index in [0.717, 1.165) is 24.9 Å². The quantitative estimate of drug-likeness (QED) is 0.802. The highest BCUT2D eigenvalue weighted by Gasteiger charge is 2.37. The van der Waals surface area contributed by atoms with Gasteiger partial charge in [-0.25, -0.2) is 0 Å². The summed E-state index contributed by atoms with van der Waals surface area (Å²) in [5.41, 5.74) is 1.16. The Morgan fingerprint density at radius 3 is 2.92 bits per heavy atom. The van der Waals surface area contributed by atoms with Crippen molar-refractivity contribution in [1.82, 2.24) is 15.2 Å². The predicted octanol–water partition coefficient (Wildman–Crippen LogP) is 0.717. The van der Waals surface area contributed by atoms with E-state index in [9.17, 15) is 9.90 Å². The van der Waals surface area contributed by atoms with Gasteiger partial charge < -0.3 is 19.9 Å². The first-order valence-corrected chi connectivity index (χ1v) is 9.46. The van der Waals surface area contributed by atoms with Crippen LogP contribution in [0.5, 0.6) is 0 Å². The largest absolute Gasteiger partial charge is 0.389 e. The van der Waals surface area contributed by atoms with Gasteiger partial charge in [0.15, 0.2) is 0 Å². The molecule has 1 aromatic heterocycles. The smallest absolute Gasteiger partial charge is 0.222 e. The number of hydrogen-bond acceptors (Lipinski definition) is 6. The van der Waals surface area contributed by atoms with Gasteiger partial charge in [-0.1, -0.05) is 0 Å².